The first-order valence-corrected chi connectivity index (χ1v) is 5.43. The van der Waals surface area contributed by atoms with Gasteiger partial charge < -0.3 is 14.6 Å². The van der Waals surface area contributed by atoms with Crippen LogP contribution in [-0.2, 0) is 14.3 Å². The molecule has 4 nitrogen and oxygen atoms in total. The maximum atomic E-state index is 11.5. The Morgan fingerprint density at radius 3 is 2.80 bits per heavy atom. The van der Waals surface area contributed by atoms with E-state index >= 15 is 0 Å². The summed E-state index contributed by atoms with van der Waals surface area (Å²) in [5.74, 6) is -0.852. The maximum Gasteiger partial charge on any atom is 0.163 e. The van der Waals surface area contributed by atoms with Crippen LogP contribution < -0.4 is 0 Å². The van der Waals surface area contributed by atoms with Crippen LogP contribution in [0.4, 0.5) is 0 Å². The van der Waals surface area contributed by atoms with Gasteiger partial charge in [0.2, 0.25) is 0 Å². The second kappa shape index (κ2) is 3.54. The molecule has 1 N–H and O–H groups in total. The molecular formula is C11H18O4. The molecule has 2 fully saturated rings. The Bertz CT molecular complexity index is 272. The van der Waals surface area contributed by atoms with Crippen LogP contribution in [0.5, 0.6) is 0 Å². The van der Waals surface area contributed by atoms with Crippen molar-refractivity contribution in [1.29, 1.82) is 0 Å². The van der Waals surface area contributed by atoms with Crippen molar-refractivity contribution in [1.82, 2.24) is 0 Å². The topological polar surface area (TPSA) is 55.8 Å². The molecule has 0 radical (unpaired) electrons. The molecule has 1 saturated heterocycles. The van der Waals surface area contributed by atoms with E-state index in [-0.39, 0.29) is 23.7 Å². The summed E-state index contributed by atoms with van der Waals surface area (Å²) < 4.78 is 11.2. The molecule has 1 aliphatic heterocycles. The van der Waals surface area contributed by atoms with Gasteiger partial charge in [-0.15, -0.1) is 0 Å². The van der Waals surface area contributed by atoms with Crippen LogP contribution in [0.2, 0.25) is 0 Å². The lowest BCUT2D eigenvalue weighted by molar-refractivity contribution is -0.314. The largest absolute Gasteiger partial charge is 0.390 e. The zero-order chi connectivity index (χ0) is 11.2. The van der Waals surface area contributed by atoms with Crippen molar-refractivity contribution in [2.45, 2.75) is 45.2 Å². The summed E-state index contributed by atoms with van der Waals surface area (Å²) in [6.07, 6.45) is -0.500. The van der Waals surface area contributed by atoms with Crippen molar-refractivity contribution >= 4 is 5.78 Å². The molecule has 0 aromatic carbocycles. The van der Waals surface area contributed by atoms with Crippen LogP contribution in [0, 0.1) is 11.8 Å². The average molecular weight is 214 g/mol. The van der Waals surface area contributed by atoms with E-state index in [1.807, 2.05) is 13.8 Å². The number of hydrogen-bond acceptors (Lipinski definition) is 4. The fourth-order valence-corrected chi connectivity index (χ4v) is 2.30. The Labute approximate surface area is 89.6 Å². The molecule has 4 heteroatoms. The van der Waals surface area contributed by atoms with Gasteiger partial charge in [0.1, 0.15) is 5.78 Å². The third-order valence-corrected chi connectivity index (χ3v) is 3.35. The van der Waals surface area contributed by atoms with Gasteiger partial charge in [0.25, 0.3) is 0 Å². The molecule has 1 aliphatic carbocycles. The number of Topliss-reactive ketones (excluding diaryl/α,β-unsaturated/α-hetero) is 1. The van der Waals surface area contributed by atoms with E-state index < -0.39 is 11.9 Å². The monoisotopic (exact) mass is 214 g/mol. The highest BCUT2D eigenvalue weighted by atomic mass is 16.7. The summed E-state index contributed by atoms with van der Waals surface area (Å²) in [5.41, 5.74) is 0. The number of fused-ring (bicyclic) bond motifs is 1. The summed E-state index contributed by atoms with van der Waals surface area (Å²) in [6, 6.07) is 0. The third-order valence-electron chi connectivity index (χ3n) is 3.35. The molecular weight excluding hydrogens is 196 g/mol. The average Bonchev–Trinajstić information content (AvgIpc) is 2.16. The Morgan fingerprint density at radius 2 is 2.13 bits per heavy atom. The molecule has 2 rings (SSSR count). The number of ether oxygens (including phenoxy) is 2. The van der Waals surface area contributed by atoms with Gasteiger partial charge in [0.15, 0.2) is 5.79 Å². The van der Waals surface area contributed by atoms with Crippen molar-refractivity contribution in [3.8, 4) is 0 Å². The molecule has 1 saturated carbocycles. The van der Waals surface area contributed by atoms with Gasteiger partial charge in [0.05, 0.1) is 18.8 Å². The Balaban J connectivity index is 2.15. The molecule has 4 atom stereocenters. The van der Waals surface area contributed by atoms with Gasteiger partial charge >= 0.3 is 0 Å². The lowest BCUT2D eigenvalue weighted by Crippen LogP contribution is -2.56. The molecule has 0 bridgehead atoms. The molecule has 0 unspecified atom stereocenters. The minimum absolute atomic E-state index is 0.0109. The van der Waals surface area contributed by atoms with E-state index in [4.69, 9.17) is 9.47 Å². The summed E-state index contributed by atoms with van der Waals surface area (Å²) in [6.45, 7) is 5.91. The highest BCUT2D eigenvalue weighted by Gasteiger charge is 2.47. The summed E-state index contributed by atoms with van der Waals surface area (Å²) in [4.78, 5) is 11.5. The molecule has 1 heterocycles. The first-order chi connectivity index (χ1) is 6.91. The van der Waals surface area contributed by atoms with E-state index in [1.54, 1.807) is 6.92 Å². The summed E-state index contributed by atoms with van der Waals surface area (Å²) >= 11 is 0. The van der Waals surface area contributed by atoms with Gasteiger partial charge in [-0.05, 0) is 13.8 Å². The van der Waals surface area contributed by atoms with Crippen molar-refractivity contribution in [3.05, 3.63) is 0 Å². The molecule has 0 spiro atoms. The number of carbonyl (C=O) groups is 1. The molecule has 0 aromatic heterocycles. The Hall–Kier alpha value is -0.450. The molecule has 86 valence electrons. The number of rotatable bonds is 0. The van der Waals surface area contributed by atoms with Crippen LogP contribution in [0.1, 0.15) is 27.2 Å². The predicted molar refractivity (Wildman–Crippen MR) is 53.2 cm³/mol. The minimum atomic E-state index is -0.695. The molecule has 15 heavy (non-hydrogen) atoms. The number of aliphatic hydroxyl groups excluding tert-OH is 1. The molecule has 0 aromatic rings. The zero-order valence-electron chi connectivity index (χ0n) is 9.40. The van der Waals surface area contributed by atoms with Gasteiger partial charge in [-0.1, -0.05) is 6.92 Å². The van der Waals surface area contributed by atoms with Crippen LogP contribution in [-0.4, -0.2) is 35.5 Å². The van der Waals surface area contributed by atoms with Crippen molar-refractivity contribution in [3.63, 3.8) is 0 Å². The van der Waals surface area contributed by atoms with Crippen LogP contribution >= 0.6 is 0 Å². The van der Waals surface area contributed by atoms with E-state index in [1.165, 1.54) is 0 Å². The highest BCUT2D eigenvalue weighted by molar-refractivity contribution is 5.82. The van der Waals surface area contributed by atoms with Crippen LogP contribution in [0.15, 0.2) is 0 Å². The normalized spacial score (nSPS) is 44.9. The number of hydrogen-bond donors (Lipinski definition) is 1. The second-order valence-corrected chi connectivity index (χ2v) is 5.00. The van der Waals surface area contributed by atoms with Gasteiger partial charge in [-0.25, -0.2) is 0 Å². The molecule has 2 aliphatic rings. The molecule has 0 amide bonds. The van der Waals surface area contributed by atoms with Crippen LogP contribution in [0.25, 0.3) is 0 Å². The number of ketones is 1. The fourth-order valence-electron chi connectivity index (χ4n) is 2.30. The van der Waals surface area contributed by atoms with E-state index in [9.17, 15) is 9.90 Å². The van der Waals surface area contributed by atoms with Gasteiger partial charge in [-0.2, -0.15) is 0 Å². The number of aliphatic hydroxyl groups is 1. The highest BCUT2D eigenvalue weighted by Crippen LogP contribution is 2.36. The summed E-state index contributed by atoms with van der Waals surface area (Å²) in [5, 5.41) is 9.97. The van der Waals surface area contributed by atoms with Crippen molar-refractivity contribution in [2.75, 3.05) is 6.61 Å². The third kappa shape index (κ3) is 1.94. The summed E-state index contributed by atoms with van der Waals surface area (Å²) in [7, 11) is 0. The fraction of sp³-hybridized carbons (Fsp3) is 0.909. The first-order valence-electron chi connectivity index (χ1n) is 5.43. The zero-order valence-corrected chi connectivity index (χ0v) is 9.40. The first kappa shape index (κ1) is 11.0. The second-order valence-electron chi connectivity index (χ2n) is 5.00. The Morgan fingerprint density at radius 1 is 1.47 bits per heavy atom. The maximum absolute atomic E-state index is 11.5. The smallest absolute Gasteiger partial charge is 0.163 e. The van der Waals surface area contributed by atoms with E-state index in [2.05, 4.69) is 0 Å². The lowest BCUT2D eigenvalue weighted by Gasteiger charge is -2.46. The predicted octanol–water partition coefficient (Wildman–Crippen LogP) is 0.724. The lowest BCUT2D eigenvalue weighted by atomic mass is 9.77. The Kier molecular flexibility index (Phi) is 2.61. The van der Waals surface area contributed by atoms with E-state index in [0.717, 1.165) is 0 Å². The standard InChI is InChI=1S/C11H18O4/c1-6-8(12)4-7-5-14-11(2,3)15-10(7)9(6)13/h6-7,9-10,13H,4-5H2,1-3H3/t6-,7+,9+,10+/m0/s1. The minimum Gasteiger partial charge on any atom is -0.390 e. The quantitative estimate of drug-likeness (QED) is 0.645. The van der Waals surface area contributed by atoms with Crippen molar-refractivity contribution < 1.29 is 19.4 Å². The van der Waals surface area contributed by atoms with Crippen molar-refractivity contribution in [2.24, 2.45) is 11.8 Å². The van der Waals surface area contributed by atoms with Crippen LogP contribution in [0.3, 0.4) is 0 Å². The SMILES string of the molecule is C[C@H]1C(=O)C[C@@H]2COC(C)(C)O[C@H]2[C@@H]1O. The van der Waals surface area contributed by atoms with E-state index in [0.29, 0.717) is 13.0 Å². The van der Waals surface area contributed by atoms with Gasteiger partial charge in [0, 0.05) is 18.3 Å². The number of carbonyl (C=O) groups excluding carboxylic acids is 1. The van der Waals surface area contributed by atoms with Gasteiger partial charge in [-0.3, -0.25) is 4.79 Å².